The van der Waals surface area contributed by atoms with Crippen LogP contribution in [0, 0.1) is 0 Å². The summed E-state index contributed by atoms with van der Waals surface area (Å²) in [6.45, 7) is 0. The molecule has 0 unspecified atom stereocenters. The highest BCUT2D eigenvalue weighted by Gasteiger charge is 2.06. The molecule has 0 spiro atoms. The van der Waals surface area contributed by atoms with Crippen LogP contribution in [0.4, 0.5) is 0 Å². The van der Waals surface area contributed by atoms with E-state index in [-0.39, 0.29) is 11.0 Å². The fourth-order valence-electron chi connectivity index (χ4n) is 2.07. The first-order valence-corrected chi connectivity index (χ1v) is 4.62. The van der Waals surface area contributed by atoms with Crippen molar-refractivity contribution in [2.75, 3.05) is 0 Å². The normalized spacial score (nSPS) is 12.6. The van der Waals surface area contributed by atoms with Gasteiger partial charge in [0.15, 0.2) is 0 Å². The van der Waals surface area contributed by atoms with E-state index in [2.05, 4.69) is 48.6 Å². The highest BCUT2D eigenvalue weighted by molar-refractivity contribution is 5.94. The van der Waals surface area contributed by atoms with Gasteiger partial charge in [0.25, 0.3) is 0 Å². The molecule has 0 fully saturated rings. The van der Waals surface area contributed by atoms with Crippen LogP contribution in [0.15, 0.2) is 42.5 Å². The SMILES string of the molecule is C1=Cc2cccc3cccc(c23)C1.[Si]. The van der Waals surface area contributed by atoms with Crippen molar-refractivity contribution in [1.82, 2.24) is 0 Å². The zero-order valence-corrected chi connectivity index (χ0v) is 8.83. The van der Waals surface area contributed by atoms with Crippen molar-refractivity contribution in [3.8, 4) is 0 Å². The zero-order valence-electron chi connectivity index (χ0n) is 7.83. The second-order valence-corrected chi connectivity index (χ2v) is 3.47. The number of hydrogen-bond donors (Lipinski definition) is 0. The van der Waals surface area contributed by atoms with Crippen molar-refractivity contribution in [1.29, 1.82) is 0 Å². The van der Waals surface area contributed by atoms with Crippen molar-refractivity contribution >= 4 is 27.8 Å². The summed E-state index contributed by atoms with van der Waals surface area (Å²) in [4.78, 5) is 0. The van der Waals surface area contributed by atoms with Gasteiger partial charge in [0.05, 0.1) is 0 Å². The number of hydrogen-bond acceptors (Lipinski definition) is 0. The summed E-state index contributed by atoms with van der Waals surface area (Å²) in [5.74, 6) is 0. The van der Waals surface area contributed by atoms with Crippen LogP contribution in [0.25, 0.3) is 16.8 Å². The molecule has 0 saturated carbocycles. The largest absolute Gasteiger partial charge is 0.0795 e. The topological polar surface area (TPSA) is 0 Å². The maximum atomic E-state index is 2.23. The second kappa shape index (κ2) is 3.43. The summed E-state index contributed by atoms with van der Waals surface area (Å²) < 4.78 is 0. The maximum Gasteiger partial charge on any atom is 0 e. The molecule has 2 aromatic rings. The molecule has 0 heterocycles. The third-order valence-electron chi connectivity index (χ3n) is 2.66. The zero-order chi connectivity index (χ0) is 8.67. The van der Waals surface area contributed by atoms with Crippen molar-refractivity contribution in [3.05, 3.63) is 53.6 Å². The van der Waals surface area contributed by atoms with E-state index < -0.39 is 0 Å². The minimum absolute atomic E-state index is 0. The first-order chi connectivity index (χ1) is 6.45. The molecule has 2 aromatic carbocycles. The molecular formula is C13H10Si. The molecule has 0 amide bonds. The van der Waals surface area contributed by atoms with Crippen LogP contribution in [0.2, 0.25) is 0 Å². The minimum atomic E-state index is 0. The molecule has 0 N–H and O–H groups in total. The van der Waals surface area contributed by atoms with Crippen molar-refractivity contribution in [2.45, 2.75) is 6.42 Å². The lowest BCUT2D eigenvalue weighted by atomic mass is 9.93. The lowest BCUT2D eigenvalue weighted by Crippen LogP contribution is -1.91. The molecular weight excluding hydrogens is 184 g/mol. The monoisotopic (exact) mass is 194 g/mol. The summed E-state index contributed by atoms with van der Waals surface area (Å²) in [5, 5.41) is 2.80. The van der Waals surface area contributed by atoms with E-state index in [9.17, 15) is 0 Å². The summed E-state index contributed by atoms with van der Waals surface area (Å²) in [6, 6.07) is 13.0. The van der Waals surface area contributed by atoms with Crippen LogP contribution in [0.3, 0.4) is 0 Å². The average molecular weight is 194 g/mol. The molecule has 0 bridgehead atoms. The Morgan fingerprint density at radius 1 is 0.929 bits per heavy atom. The molecule has 0 atom stereocenters. The number of allylic oxidation sites excluding steroid dienone is 1. The van der Waals surface area contributed by atoms with Crippen LogP contribution < -0.4 is 0 Å². The van der Waals surface area contributed by atoms with Crippen molar-refractivity contribution in [3.63, 3.8) is 0 Å². The molecule has 66 valence electrons. The van der Waals surface area contributed by atoms with Gasteiger partial charge >= 0.3 is 0 Å². The molecule has 1 heteroatoms. The van der Waals surface area contributed by atoms with E-state index in [4.69, 9.17) is 0 Å². The molecule has 3 rings (SSSR count). The Bertz CT molecular complexity index is 492. The molecule has 0 aromatic heterocycles. The van der Waals surface area contributed by atoms with Crippen LogP contribution >= 0.6 is 0 Å². The predicted molar refractivity (Wildman–Crippen MR) is 62.4 cm³/mol. The van der Waals surface area contributed by atoms with Gasteiger partial charge in [-0.2, -0.15) is 0 Å². The Hall–Kier alpha value is -1.34. The van der Waals surface area contributed by atoms with Crippen molar-refractivity contribution in [2.24, 2.45) is 0 Å². The summed E-state index contributed by atoms with van der Waals surface area (Å²) in [6.07, 6.45) is 5.53. The standard InChI is InChI=1S/C13H10.Si/c1-4-10-6-2-8-12-9-3-7-11(5-1)13(10)12;/h1-8H,9H2;. The Kier molecular flexibility index (Phi) is 2.26. The molecule has 0 nitrogen and oxygen atoms in total. The van der Waals surface area contributed by atoms with Gasteiger partial charge in [0.1, 0.15) is 0 Å². The van der Waals surface area contributed by atoms with Gasteiger partial charge in [0.2, 0.25) is 0 Å². The Morgan fingerprint density at radius 3 is 2.57 bits per heavy atom. The van der Waals surface area contributed by atoms with E-state index in [1.807, 2.05) is 0 Å². The Morgan fingerprint density at radius 2 is 1.71 bits per heavy atom. The van der Waals surface area contributed by atoms with Crippen LogP contribution in [0.1, 0.15) is 11.1 Å². The van der Waals surface area contributed by atoms with E-state index >= 15 is 0 Å². The van der Waals surface area contributed by atoms with Crippen LogP contribution in [-0.2, 0) is 6.42 Å². The van der Waals surface area contributed by atoms with Gasteiger partial charge in [-0.3, -0.25) is 0 Å². The quantitative estimate of drug-likeness (QED) is 0.565. The van der Waals surface area contributed by atoms with Crippen LogP contribution in [0.5, 0.6) is 0 Å². The van der Waals surface area contributed by atoms with Crippen molar-refractivity contribution < 1.29 is 0 Å². The van der Waals surface area contributed by atoms with Gasteiger partial charge < -0.3 is 0 Å². The van der Waals surface area contributed by atoms with Gasteiger partial charge in [-0.1, -0.05) is 48.6 Å². The van der Waals surface area contributed by atoms with Crippen LogP contribution in [-0.4, -0.2) is 11.0 Å². The summed E-state index contributed by atoms with van der Waals surface area (Å²) >= 11 is 0. The van der Waals surface area contributed by atoms with Gasteiger partial charge in [-0.15, -0.1) is 0 Å². The van der Waals surface area contributed by atoms with E-state index in [0.29, 0.717) is 0 Å². The van der Waals surface area contributed by atoms with Gasteiger partial charge in [-0.25, -0.2) is 0 Å². The van der Waals surface area contributed by atoms with E-state index in [1.54, 1.807) is 0 Å². The Balaban J connectivity index is 0.000000750. The lowest BCUT2D eigenvalue weighted by Gasteiger charge is -2.11. The molecule has 14 heavy (non-hydrogen) atoms. The van der Waals surface area contributed by atoms with E-state index in [0.717, 1.165) is 6.42 Å². The summed E-state index contributed by atoms with van der Waals surface area (Å²) in [7, 11) is 0. The predicted octanol–water partition coefficient (Wildman–Crippen LogP) is 3.03. The van der Waals surface area contributed by atoms with Gasteiger partial charge in [-0.05, 0) is 28.3 Å². The fourth-order valence-corrected chi connectivity index (χ4v) is 2.07. The average Bonchev–Trinajstić information content (AvgIpc) is 2.19. The molecule has 4 radical (unpaired) electrons. The number of rotatable bonds is 0. The first-order valence-electron chi connectivity index (χ1n) is 4.62. The van der Waals surface area contributed by atoms with E-state index in [1.165, 1.54) is 21.9 Å². The first kappa shape index (κ1) is 9.22. The fraction of sp³-hybridized carbons (Fsp3) is 0.0769. The highest BCUT2D eigenvalue weighted by atomic mass is 28.1. The summed E-state index contributed by atoms with van der Waals surface area (Å²) in [5.41, 5.74) is 2.81. The molecule has 1 aliphatic carbocycles. The molecule has 1 aliphatic rings. The maximum absolute atomic E-state index is 2.23. The Labute approximate surface area is 88.3 Å². The number of benzene rings is 2. The lowest BCUT2D eigenvalue weighted by molar-refractivity contribution is 1.29. The smallest absolute Gasteiger partial charge is 0 e. The molecule has 0 saturated heterocycles. The molecule has 0 aliphatic heterocycles. The second-order valence-electron chi connectivity index (χ2n) is 3.47. The highest BCUT2D eigenvalue weighted by Crippen LogP contribution is 2.27. The third-order valence-corrected chi connectivity index (χ3v) is 2.66. The van der Waals surface area contributed by atoms with Gasteiger partial charge in [0, 0.05) is 11.0 Å². The third kappa shape index (κ3) is 1.21. The minimum Gasteiger partial charge on any atom is -0.0795 e.